The van der Waals surface area contributed by atoms with Crippen LogP contribution in [0.3, 0.4) is 0 Å². The van der Waals surface area contributed by atoms with Crippen LogP contribution in [0.2, 0.25) is 0 Å². The zero-order chi connectivity index (χ0) is 11.3. The average molecular weight is 207 g/mol. The number of carboxylic acid groups (broad SMARTS) is 1. The Bertz CT molecular complexity index is 412. The first-order valence-electron chi connectivity index (χ1n) is 4.22. The van der Waals surface area contributed by atoms with Gasteiger partial charge in [0.2, 0.25) is 6.54 Å². The van der Waals surface area contributed by atoms with Crippen LogP contribution < -0.4 is 0 Å². The molecule has 1 N–H and O–H groups in total. The highest BCUT2D eigenvalue weighted by molar-refractivity contribution is 5.92. The molecule has 0 aliphatic heterocycles. The SMILES string of the molecule is O=C(O)c1ccccc1C=CC[N+](=O)[O-]. The number of rotatable bonds is 4. The minimum Gasteiger partial charge on any atom is -0.478 e. The summed E-state index contributed by atoms with van der Waals surface area (Å²) in [6, 6.07) is 6.33. The maximum Gasteiger partial charge on any atom is 0.336 e. The van der Waals surface area contributed by atoms with Crippen LogP contribution in [0.1, 0.15) is 15.9 Å². The molecule has 1 aromatic rings. The van der Waals surface area contributed by atoms with Crippen molar-refractivity contribution in [3.05, 3.63) is 51.6 Å². The van der Waals surface area contributed by atoms with Gasteiger partial charge in [-0.3, -0.25) is 10.1 Å². The Morgan fingerprint density at radius 3 is 2.73 bits per heavy atom. The van der Waals surface area contributed by atoms with Crippen molar-refractivity contribution in [3.8, 4) is 0 Å². The van der Waals surface area contributed by atoms with Crippen LogP contribution in [-0.4, -0.2) is 22.5 Å². The van der Waals surface area contributed by atoms with Gasteiger partial charge in [0.25, 0.3) is 0 Å². The predicted octanol–water partition coefficient (Wildman–Crippen LogP) is 1.67. The van der Waals surface area contributed by atoms with Crippen LogP contribution in [0.5, 0.6) is 0 Å². The lowest BCUT2D eigenvalue weighted by Crippen LogP contribution is -1.99. The van der Waals surface area contributed by atoms with Gasteiger partial charge in [0.1, 0.15) is 0 Å². The average Bonchev–Trinajstić information content (AvgIpc) is 2.17. The molecule has 1 aromatic carbocycles. The van der Waals surface area contributed by atoms with Gasteiger partial charge < -0.3 is 5.11 Å². The monoisotopic (exact) mass is 207 g/mol. The van der Waals surface area contributed by atoms with Crippen LogP contribution in [0, 0.1) is 10.1 Å². The Morgan fingerprint density at radius 1 is 1.47 bits per heavy atom. The van der Waals surface area contributed by atoms with Crippen LogP contribution in [0.15, 0.2) is 30.3 Å². The highest BCUT2D eigenvalue weighted by atomic mass is 16.6. The normalized spacial score (nSPS) is 10.4. The van der Waals surface area contributed by atoms with E-state index in [2.05, 4.69) is 0 Å². The molecule has 0 aliphatic rings. The zero-order valence-corrected chi connectivity index (χ0v) is 7.79. The Hall–Kier alpha value is -2.17. The molecule has 0 fully saturated rings. The Kier molecular flexibility index (Phi) is 3.56. The Morgan fingerprint density at radius 2 is 2.13 bits per heavy atom. The first-order chi connectivity index (χ1) is 7.11. The molecule has 0 saturated heterocycles. The summed E-state index contributed by atoms with van der Waals surface area (Å²) in [5.74, 6) is -1.05. The highest BCUT2D eigenvalue weighted by Crippen LogP contribution is 2.10. The molecular weight excluding hydrogens is 198 g/mol. The number of hydrogen-bond acceptors (Lipinski definition) is 3. The molecule has 5 heteroatoms. The standard InChI is InChI=1S/C10H9NO4/c12-10(13)9-6-2-1-4-8(9)5-3-7-11(14)15/h1-6H,7H2,(H,12,13). The van der Waals surface area contributed by atoms with Crippen LogP contribution in [0.25, 0.3) is 6.08 Å². The molecule has 0 heterocycles. The number of benzene rings is 1. The molecule has 5 nitrogen and oxygen atoms in total. The van der Waals surface area contributed by atoms with Crippen LogP contribution in [0.4, 0.5) is 0 Å². The van der Waals surface area contributed by atoms with E-state index in [1.165, 1.54) is 18.2 Å². The molecule has 15 heavy (non-hydrogen) atoms. The lowest BCUT2D eigenvalue weighted by molar-refractivity contribution is -0.468. The molecular formula is C10H9NO4. The van der Waals surface area contributed by atoms with E-state index in [0.717, 1.165) is 0 Å². The minimum absolute atomic E-state index is 0.136. The first-order valence-corrected chi connectivity index (χ1v) is 4.22. The topological polar surface area (TPSA) is 80.4 Å². The van der Waals surface area contributed by atoms with Gasteiger partial charge in [-0.25, -0.2) is 4.79 Å². The summed E-state index contributed by atoms with van der Waals surface area (Å²) in [7, 11) is 0. The zero-order valence-electron chi connectivity index (χ0n) is 7.79. The van der Waals surface area contributed by atoms with Gasteiger partial charge in [-0.05, 0) is 17.7 Å². The summed E-state index contributed by atoms with van der Waals surface area (Å²) >= 11 is 0. The lowest BCUT2D eigenvalue weighted by Gasteiger charge is -1.98. The van der Waals surface area contributed by atoms with E-state index >= 15 is 0 Å². The second kappa shape index (κ2) is 4.90. The van der Waals surface area contributed by atoms with Gasteiger partial charge in [0, 0.05) is 4.92 Å². The van der Waals surface area contributed by atoms with Crippen LogP contribution in [-0.2, 0) is 0 Å². The predicted molar refractivity (Wildman–Crippen MR) is 54.3 cm³/mol. The first kappa shape index (κ1) is 10.9. The largest absolute Gasteiger partial charge is 0.478 e. The van der Waals surface area contributed by atoms with Crippen molar-refractivity contribution >= 4 is 12.0 Å². The van der Waals surface area contributed by atoms with Gasteiger partial charge in [-0.1, -0.05) is 24.3 Å². The number of aromatic carboxylic acids is 1. The molecule has 0 aromatic heterocycles. The number of carboxylic acids is 1. The molecule has 0 unspecified atom stereocenters. The molecule has 0 spiro atoms. The summed E-state index contributed by atoms with van der Waals surface area (Å²) in [5, 5.41) is 18.9. The summed E-state index contributed by atoms with van der Waals surface area (Å²) in [6.07, 6.45) is 2.76. The van der Waals surface area contributed by atoms with Crippen molar-refractivity contribution in [2.45, 2.75) is 0 Å². The molecule has 1 rings (SSSR count). The van der Waals surface area contributed by atoms with Crippen molar-refractivity contribution in [3.63, 3.8) is 0 Å². The van der Waals surface area contributed by atoms with Gasteiger partial charge in [0.15, 0.2) is 0 Å². The molecule has 0 amide bonds. The summed E-state index contributed by atoms with van der Waals surface area (Å²) in [5.41, 5.74) is 0.601. The molecule has 0 radical (unpaired) electrons. The van der Waals surface area contributed by atoms with E-state index in [0.29, 0.717) is 5.56 Å². The van der Waals surface area contributed by atoms with Gasteiger partial charge >= 0.3 is 5.97 Å². The molecule has 0 bridgehead atoms. The van der Waals surface area contributed by atoms with Crippen LogP contribution >= 0.6 is 0 Å². The highest BCUT2D eigenvalue weighted by Gasteiger charge is 2.05. The smallest absolute Gasteiger partial charge is 0.336 e. The third-order valence-electron chi connectivity index (χ3n) is 1.74. The van der Waals surface area contributed by atoms with Gasteiger partial charge in [-0.2, -0.15) is 0 Å². The number of nitro groups is 1. The second-order valence-electron chi connectivity index (χ2n) is 2.81. The van der Waals surface area contributed by atoms with E-state index < -0.39 is 10.9 Å². The summed E-state index contributed by atoms with van der Waals surface area (Å²) in [4.78, 5) is 20.3. The number of carbonyl (C=O) groups is 1. The Balaban J connectivity index is 2.89. The fourth-order valence-electron chi connectivity index (χ4n) is 1.10. The molecule has 78 valence electrons. The van der Waals surface area contributed by atoms with Crippen molar-refractivity contribution in [2.24, 2.45) is 0 Å². The third kappa shape index (κ3) is 3.22. The maximum atomic E-state index is 10.8. The lowest BCUT2D eigenvalue weighted by atomic mass is 10.1. The minimum atomic E-state index is -1.05. The Labute approximate surface area is 85.8 Å². The summed E-state index contributed by atoms with van der Waals surface area (Å²) in [6.45, 7) is -0.312. The number of nitrogens with zero attached hydrogens (tertiary/aromatic N) is 1. The fourth-order valence-corrected chi connectivity index (χ4v) is 1.10. The third-order valence-corrected chi connectivity index (χ3v) is 1.74. The number of hydrogen-bond donors (Lipinski definition) is 1. The van der Waals surface area contributed by atoms with Gasteiger partial charge in [-0.15, -0.1) is 0 Å². The molecule has 0 saturated carbocycles. The quantitative estimate of drug-likeness (QED) is 0.601. The van der Waals surface area contributed by atoms with Gasteiger partial charge in [0.05, 0.1) is 5.56 Å². The molecule has 0 atom stereocenters. The van der Waals surface area contributed by atoms with E-state index in [9.17, 15) is 14.9 Å². The second-order valence-corrected chi connectivity index (χ2v) is 2.81. The van der Waals surface area contributed by atoms with E-state index in [1.807, 2.05) is 0 Å². The maximum absolute atomic E-state index is 10.8. The molecule has 0 aliphatic carbocycles. The fraction of sp³-hybridized carbons (Fsp3) is 0.100. The van der Waals surface area contributed by atoms with Crippen molar-refractivity contribution < 1.29 is 14.8 Å². The van der Waals surface area contributed by atoms with Crippen molar-refractivity contribution in [1.82, 2.24) is 0 Å². The van der Waals surface area contributed by atoms with Crippen molar-refractivity contribution in [2.75, 3.05) is 6.54 Å². The van der Waals surface area contributed by atoms with E-state index in [-0.39, 0.29) is 12.1 Å². The van der Waals surface area contributed by atoms with E-state index in [4.69, 9.17) is 5.11 Å². The van der Waals surface area contributed by atoms with E-state index in [1.54, 1.807) is 18.2 Å². The van der Waals surface area contributed by atoms with Crippen molar-refractivity contribution in [1.29, 1.82) is 0 Å². The summed E-state index contributed by atoms with van der Waals surface area (Å²) < 4.78 is 0.